The third-order valence-corrected chi connectivity index (χ3v) is 12.2. The molecule has 222 valence electrons. The zero-order valence-corrected chi connectivity index (χ0v) is 25.7. The van der Waals surface area contributed by atoms with Crippen LogP contribution in [0.1, 0.15) is 67.7 Å². The fourth-order valence-electron chi connectivity index (χ4n) is 8.98. The lowest BCUT2D eigenvalue weighted by Crippen LogP contribution is -2.76. The van der Waals surface area contributed by atoms with Gasteiger partial charge in [-0.2, -0.15) is 0 Å². The van der Waals surface area contributed by atoms with Crippen LogP contribution in [-0.2, 0) is 9.53 Å². The normalized spacial score (nSPS) is 35.5. The number of nitrogens with two attached hydrogens (primary N) is 1. The molecular formula is C32H37FN3O4S2+. The molecule has 0 aliphatic heterocycles. The predicted octanol–water partition coefficient (Wildman–Crippen LogP) is 5.28. The van der Waals surface area contributed by atoms with E-state index in [1.165, 1.54) is 35.3 Å². The number of hydrogen-bond donors (Lipinski definition) is 4. The molecule has 7 unspecified atom stereocenters. The van der Waals surface area contributed by atoms with Crippen LogP contribution in [-0.4, -0.2) is 39.1 Å². The Morgan fingerprint density at radius 2 is 2.00 bits per heavy atom. The van der Waals surface area contributed by atoms with Gasteiger partial charge in [0.1, 0.15) is 22.1 Å². The fourth-order valence-corrected chi connectivity index (χ4v) is 10.1. The smallest absolute Gasteiger partial charge is 0.351 e. The molecule has 1 heterocycles. The summed E-state index contributed by atoms with van der Waals surface area (Å²) in [5, 5.41) is 21.7. The number of halogens is 1. The van der Waals surface area contributed by atoms with E-state index in [-0.39, 0.29) is 29.0 Å². The highest BCUT2D eigenvalue weighted by molar-refractivity contribution is 7.96. The van der Waals surface area contributed by atoms with E-state index in [2.05, 4.69) is 30.6 Å². The summed E-state index contributed by atoms with van der Waals surface area (Å²) in [5.41, 5.74) is 3.56. The van der Waals surface area contributed by atoms with Crippen LogP contribution in [0.25, 0.3) is 0 Å². The number of nitrogens with one attached hydrogen (secondary N) is 1. The Morgan fingerprint density at radius 3 is 2.64 bits per heavy atom. The van der Waals surface area contributed by atoms with E-state index >= 15 is 0 Å². The van der Waals surface area contributed by atoms with Gasteiger partial charge in [-0.05, 0) is 86.8 Å². The second-order valence-electron chi connectivity index (χ2n) is 12.9. The largest absolute Gasteiger partial charge is 0.445 e. The summed E-state index contributed by atoms with van der Waals surface area (Å²) in [7, 11) is 0. The summed E-state index contributed by atoms with van der Waals surface area (Å²) < 4.78 is 19.6. The van der Waals surface area contributed by atoms with Crippen molar-refractivity contribution in [2.45, 2.75) is 71.0 Å². The molecule has 1 aromatic carbocycles. The van der Waals surface area contributed by atoms with Crippen molar-refractivity contribution in [1.29, 1.82) is 5.41 Å². The Hall–Kier alpha value is -2.66. The highest BCUT2D eigenvalue weighted by atomic mass is 32.1. The van der Waals surface area contributed by atoms with Gasteiger partial charge in [0.05, 0.1) is 17.3 Å². The SMILES string of the molecule is Cc1ncsc1C(=O)OC1(C(=O)S)CCC2C3CCC4=CC([NH2+]c5ccc(F)cc5)=C(C=N)CC4(C)C3C(O)CC21C. The lowest BCUT2D eigenvalue weighted by molar-refractivity contribution is -0.513. The van der Waals surface area contributed by atoms with Crippen LogP contribution in [0.4, 0.5) is 10.1 Å². The molecule has 4 N–H and O–H groups in total. The number of nitrogens with zero attached hydrogens (tertiary/aromatic N) is 1. The minimum atomic E-state index is -1.43. The number of fused-ring (bicyclic) bond motifs is 5. The maximum atomic E-state index is 13.5. The number of aliphatic hydroxyl groups is 1. The summed E-state index contributed by atoms with van der Waals surface area (Å²) in [6.07, 6.45) is 6.55. The van der Waals surface area contributed by atoms with Crippen LogP contribution >= 0.6 is 24.0 Å². The van der Waals surface area contributed by atoms with Gasteiger partial charge in [-0.15, -0.1) is 24.0 Å². The van der Waals surface area contributed by atoms with Crippen LogP contribution in [0.15, 0.2) is 52.7 Å². The molecule has 6 rings (SSSR count). The minimum Gasteiger partial charge on any atom is -0.445 e. The van der Waals surface area contributed by atoms with E-state index in [1.54, 1.807) is 24.6 Å². The summed E-state index contributed by atoms with van der Waals surface area (Å²) in [4.78, 5) is 31.1. The molecule has 7 nitrogen and oxygen atoms in total. The average molecular weight is 611 g/mol. The summed E-state index contributed by atoms with van der Waals surface area (Å²) in [6.45, 7) is 5.95. The van der Waals surface area contributed by atoms with Gasteiger partial charge in [-0.1, -0.05) is 19.4 Å². The number of rotatable bonds is 6. The number of hydrogen-bond acceptors (Lipinski definition) is 7. The van der Waals surface area contributed by atoms with Gasteiger partial charge >= 0.3 is 5.97 Å². The molecule has 4 aliphatic carbocycles. The van der Waals surface area contributed by atoms with Gasteiger partial charge in [-0.25, -0.2) is 14.2 Å². The van der Waals surface area contributed by atoms with Crippen LogP contribution in [0.3, 0.4) is 0 Å². The van der Waals surface area contributed by atoms with Crippen molar-refractivity contribution >= 4 is 47.0 Å². The van der Waals surface area contributed by atoms with Gasteiger partial charge in [-0.3, -0.25) is 10.1 Å². The zero-order valence-electron chi connectivity index (χ0n) is 24.0. The molecule has 0 spiro atoms. The number of carbonyl (C=O) groups is 2. The molecule has 0 amide bonds. The number of ether oxygens (including phenoxy) is 1. The maximum Gasteiger partial charge on any atom is 0.351 e. The van der Waals surface area contributed by atoms with E-state index in [0.29, 0.717) is 36.3 Å². The van der Waals surface area contributed by atoms with Crippen molar-refractivity contribution in [2.24, 2.45) is 28.6 Å². The third-order valence-electron chi connectivity index (χ3n) is 11.0. The number of aryl methyl sites for hydroxylation is 1. The van der Waals surface area contributed by atoms with Crippen LogP contribution in [0.2, 0.25) is 0 Å². The van der Waals surface area contributed by atoms with Gasteiger partial charge in [0.15, 0.2) is 5.60 Å². The van der Waals surface area contributed by atoms with Crippen molar-refractivity contribution in [3.63, 3.8) is 0 Å². The lowest BCUT2D eigenvalue weighted by Gasteiger charge is -2.60. The first-order valence-corrected chi connectivity index (χ1v) is 15.9. The third kappa shape index (κ3) is 4.36. The summed E-state index contributed by atoms with van der Waals surface area (Å²) >= 11 is 5.49. The van der Waals surface area contributed by atoms with E-state index in [4.69, 9.17) is 10.1 Å². The Balaban J connectivity index is 1.31. The van der Waals surface area contributed by atoms with Crippen LogP contribution in [0, 0.1) is 46.7 Å². The molecule has 0 saturated heterocycles. The molecular weight excluding hydrogens is 574 g/mol. The van der Waals surface area contributed by atoms with E-state index < -0.39 is 28.2 Å². The highest BCUT2D eigenvalue weighted by Crippen LogP contribution is 2.68. The number of carbonyl (C=O) groups excluding carboxylic acids is 2. The number of quaternary nitrogens is 1. The van der Waals surface area contributed by atoms with Crippen LogP contribution < -0.4 is 5.32 Å². The zero-order chi connectivity index (χ0) is 30.0. The van der Waals surface area contributed by atoms with Gasteiger partial charge in [0.2, 0.25) is 5.12 Å². The number of esters is 1. The van der Waals surface area contributed by atoms with Crippen molar-refractivity contribution < 1.29 is 29.1 Å². The number of allylic oxidation sites excluding steroid dienone is 3. The van der Waals surface area contributed by atoms with Crippen molar-refractivity contribution in [2.75, 3.05) is 0 Å². The van der Waals surface area contributed by atoms with Crippen molar-refractivity contribution in [1.82, 2.24) is 4.98 Å². The molecule has 3 saturated carbocycles. The molecule has 4 aliphatic rings. The quantitative estimate of drug-likeness (QED) is 0.154. The van der Waals surface area contributed by atoms with E-state index in [1.807, 2.05) is 12.2 Å². The number of thiazole rings is 1. The highest BCUT2D eigenvalue weighted by Gasteiger charge is 2.70. The second kappa shape index (κ2) is 10.5. The monoisotopic (exact) mass is 610 g/mol. The molecule has 42 heavy (non-hydrogen) atoms. The number of aliphatic hydroxyl groups excluding tert-OH is 1. The molecule has 0 bridgehead atoms. The Bertz CT molecular complexity index is 1520. The van der Waals surface area contributed by atoms with Gasteiger partial charge in [0.25, 0.3) is 0 Å². The first-order valence-electron chi connectivity index (χ1n) is 14.5. The Labute approximate surface area is 254 Å². The summed E-state index contributed by atoms with van der Waals surface area (Å²) in [6, 6.07) is 6.34. The minimum absolute atomic E-state index is 0.0651. The molecule has 2 aromatic rings. The van der Waals surface area contributed by atoms with E-state index in [9.17, 15) is 19.1 Å². The van der Waals surface area contributed by atoms with Crippen LogP contribution in [0.5, 0.6) is 0 Å². The Morgan fingerprint density at radius 1 is 1.26 bits per heavy atom. The molecule has 1 aromatic heterocycles. The average Bonchev–Trinajstić information content (AvgIpc) is 3.50. The number of thiol groups is 1. The van der Waals surface area contributed by atoms with Crippen molar-refractivity contribution in [3.05, 3.63) is 69.1 Å². The standard InChI is InChI=1S/C32H36FN3O4S2/c1-17-27(42-16-35-17)28(38)40-32(29(39)41)11-10-23-22-9-4-19-12-24(36-21-7-5-20(33)6-8-21)18(15-34)13-30(19,2)26(22)25(37)14-31(23,32)3/h5-8,12,15-16,22-23,25-26,34,36-37H,4,9-11,13-14H2,1-3H3,(H,39,41)/p+1. The molecule has 3 fully saturated rings. The van der Waals surface area contributed by atoms with Gasteiger partial charge < -0.3 is 15.3 Å². The number of benzene rings is 1. The van der Waals surface area contributed by atoms with Crippen molar-refractivity contribution in [3.8, 4) is 0 Å². The predicted molar refractivity (Wildman–Crippen MR) is 161 cm³/mol. The molecule has 7 atom stereocenters. The summed E-state index contributed by atoms with van der Waals surface area (Å²) in [5.74, 6) is -0.731. The maximum absolute atomic E-state index is 13.5. The topological polar surface area (TPSA) is 117 Å². The number of aromatic nitrogens is 1. The van der Waals surface area contributed by atoms with E-state index in [0.717, 1.165) is 29.8 Å². The lowest BCUT2D eigenvalue weighted by atomic mass is 9.45. The fraction of sp³-hybridized carbons (Fsp3) is 0.500. The molecule has 0 radical (unpaired) electrons. The van der Waals surface area contributed by atoms with Gasteiger partial charge in [0, 0.05) is 29.3 Å². The second-order valence-corrected chi connectivity index (χ2v) is 14.2. The first kappa shape index (κ1) is 29.4. The molecule has 10 heteroatoms. The Kier molecular flexibility index (Phi) is 7.36. The first-order chi connectivity index (χ1) is 19.9.